The molecule has 0 atom stereocenters. The van der Waals surface area contributed by atoms with Crippen LogP contribution < -0.4 is 5.73 Å². The zero-order chi connectivity index (χ0) is 21.7. The predicted octanol–water partition coefficient (Wildman–Crippen LogP) is 6.89. The molecule has 1 saturated carbocycles. The molecule has 1 aliphatic rings. The van der Waals surface area contributed by atoms with E-state index in [9.17, 15) is 13.2 Å². The summed E-state index contributed by atoms with van der Waals surface area (Å²) in [5.74, 6) is 1.13. The molecule has 2 aromatic rings. The summed E-state index contributed by atoms with van der Waals surface area (Å²) in [5, 5.41) is -0.260. The van der Waals surface area contributed by atoms with E-state index in [2.05, 4.69) is 20.8 Å². The van der Waals surface area contributed by atoms with Crippen LogP contribution in [0.2, 0.25) is 5.02 Å². The van der Waals surface area contributed by atoms with Crippen LogP contribution in [0.3, 0.4) is 0 Å². The highest BCUT2D eigenvalue weighted by Crippen LogP contribution is 2.36. The van der Waals surface area contributed by atoms with Gasteiger partial charge in [-0.05, 0) is 73.4 Å². The minimum Gasteiger partial charge on any atom is -0.330 e. The minimum absolute atomic E-state index is 0.260. The lowest BCUT2D eigenvalue weighted by Gasteiger charge is -2.33. The smallest absolute Gasteiger partial charge is 0.330 e. The molecule has 2 N–H and O–H groups in total. The Bertz CT molecular complexity index is 835. The van der Waals surface area contributed by atoms with Crippen LogP contribution in [0.15, 0.2) is 46.9 Å². The summed E-state index contributed by atoms with van der Waals surface area (Å²) in [5.41, 5.74) is 6.78. The lowest BCUT2D eigenvalue weighted by Crippen LogP contribution is -2.32. The van der Waals surface area contributed by atoms with E-state index in [1.54, 1.807) is 6.07 Å². The second kappa shape index (κ2) is 10.5. The number of halogens is 5. The molecule has 0 saturated heterocycles. The van der Waals surface area contributed by atoms with Crippen molar-refractivity contribution in [1.29, 1.82) is 0 Å². The van der Waals surface area contributed by atoms with Crippen molar-refractivity contribution in [3.8, 4) is 0 Å². The highest BCUT2D eigenvalue weighted by atomic mass is 79.9. The molecule has 0 amide bonds. The molecule has 0 heterocycles. The molecule has 0 aliphatic heterocycles. The largest absolute Gasteiger partial charge is 0.417 e. The minimum atomic E-state index is -4.46. The number of nitrogens with two attached hydrogens (primary N) is 1. The highest BCUT2D eigenvalue weighted by molar-refractivity contribution is 9.10. The maximum atomic E-state index is 13.3. The van der Waals surface area contributed by atoms with E-state index in [1.807, 2.05) is 24.3 Å². The van der Waals surface area contributed by atoms with Crippen molar-refractivity contribution >= 4 is 27.5 Å². The van der Waals surface area contributed by atoms with Gasteiger partial charge in [-0.1, -0.05) is 51.8 Å². The summed E-state index contributed by atoms with van der Waals surface area (Å²) in [7, 11) is 0. The fraction of sp³-hybridized carbons (Fsp3) is 0.478. The number of hydrogen-bond acceptors (Lipinski definition) is 2. The third-order valence-corrected chi connectivity index (χ3v) is 7.01. The van der Waals surface area contributed by atoms with Gasteiger partial charge in [0.2, 0.25) is 0 Å². The van der Waals surface area contributed by atoms with Crippen LogP contribution >= 0.6 is 27.5 Å². The zero-order valence-corrected chi connectivity index (χ0v) is 19.1. The van der Waals surface area contributed by atoms with E-state index in [0.717, 1.165) is 48.8 Å². The quantitative estimate of drug-likeness (QED) is 0.446. The second-order valence-corrected chi connectivity index (χ2v) is 9.46. The van der Waals surface area contributed by atoms with Gasteiger partial charge in [0.15, 0.2) is 0 Å². The van der Waals surface area contributed by atoms with Gasteiger partial charge < -0.3 is 5.73 Å². The van der Waals surface area contributed by atoms with Gasteiger partial charge in [0.1, 0.15) is 0 Å². The Morgan fingerprint density at radius 1 is 1.00 bits per heavy atom. The zero-order valence-electron chi connectivity index (χ0n) is 16.8. The Labute approximate surface area is 189 Å². The van der Waals surface area contributed by atoms with Crippen molar-refractivity contribution in [2.75, 3.05) is 13.1 Å². The van der Waals surface area contributed by atoms with Crippen molar-refractivity contribution in [1.82, 2.24) is 4.90 Å². The molecule has 2 aromatic carbocycles. The molecule has 2 nitrogen and oxygen atoms in total. The maximum absolute atomic E-state index is 13.3. The molecule has 3 rings (SSSR count). The Balaban J connectivity index is 1.78. The molecule has 1 aliphatic carbocycles. The normalized spacial score (nSPS) is 20.0. The summed E-state index contributed by atoms with van der Waals surface area (Å²) in [6.45, 7) is 2.70. The van der Waals surface area contributed by atoms with Gasteiger partial charge in [-0.2, -0.15) is 13.2 Å². The van der Waals surface area contributed by atoms with Crippen molar-refractivity contribution < 1.29 is 13.2 Å². The van der Waals surface area contributed by atoms with Gasteiger partial charge >= 0.3 is 6.18 Å². The molecule has 7 heteroatoms. The summed E-state index contributed by atoms with van der Waals surface area (Å²) in [6, 6.07) is 12.2. The Morgan fingerprint density at radius 3 is 2.30 bits per heavy atom. The lowest BCUT2D eigenvalue weighted by molar-refractivity contribution is -0.137. The van der Waals surface area contributed by atoms with Gasteiger partial charge in [0.05, 0.1) is 10.6 Å². The summed E-state index contributed by atoms with van der Waals surface area (Å²) < 4.78 is 40.9. The molecule has 30 heavy (non-hydrogen) atoms. The van der Waals surface area contributed by atoms with Gasteiger partial charge in [0, 0.05) is 24.1 Å². The Morgan fingerprint density at radius 2 is 1.67 bits per heavy atom. The third kappa shape index (κ3) is 6.46. The molecule has 0 aromatic heterocycles. The molecular weight excluding hydrogens is 477 g/mol. The monoisotopic (exact) mass is 502 g/mol. The highest BCUT2D eigenvalue weighted by Gasteiger charge is 2.33. The second-order valence-electron chi connectivity index (χ2n) is 8.20. The number of nitrogens with zero attached hydrogens (tertiary/aromatic N) is 1. The number of benzene rings is 2. The fourth-order valence-electron chi connectivity index (χ4n) is 4.21. The van der Waals surface area contributed by atoms with E-state index in [4.69, 9.17) is 17.3 Å². The van der Waals surface area contributed by atoms with Crippen LogP contribution in [0.25, 0.3) is 0 Å². The molecular formula is C23H27BrClF3N2. The van der Waals surface area contributed by atoms with Crippen LogP contribution in [-0.2, 0) is 19.3 Å². The number of rotatable bonds is 7. The first-order valence-corrected chi connectivity index (χ1v) is 11.4. The van der Waals surface area contributed by atoms with Gasteiger partial charge in [-0.3, -0.25) is 4.90 Å². The van der Waals surface area contributed by atoms with Crippen LogP contribution in [-0.4, -0.2) is 18.0 Å². The van der Waals surface area contributed by atoms with Crippen LogP contribution in [0.4, 0.5) is 13.2 Å². The predicted molar refractivity (Wildman–Crippen MR) is 119 cm³/mol. The van der Waals surface area contributed by atoms with Crippen LogP contribution in [0.5, 0.6) is 0 Å². The average molecular weight is 504 g/mol. The molecule has 1 fully saturated rings. The van der Waals surface area contributed by atoms with E-state index in [0.29, 0.717) is 30.5 Å². The first-order chi connectivity index (χ1) is 14.3. The maximum Gasteiger partial charge on any atom is 0.417 e. The average Bonchev–Trinajstić information content (AvgIpc) is 2.71. The van der Waals surface area contributed by atoms with Crippen LogP contribution in [0.1, 0.15) is 42.4 Å². The summed E-state index contributed by atoms with van der Waals surface area (Å²) >= 11 is 9.39. The third-order valence-electron chi connectivity index (χ3n) is 5.91. The first-order valence-electron chi connectivity index (χ1n) is 10.3. The van der Waals surface area contributed by atoms with E-state index >= 15 is 0 Å². The number of hydrogen-bond donors (Lipinski definition) is 1. The van der Waals surface area contributed by atoms with Gasteiger partial charge in [0.25, 0.3) is 0 Å². The first kappa shape index (κ1) is 23.6. The SMILES string of the molecule is NCC1CCC(CN(Cc2ccc(Cl)c(C(F)(F)F)c2)Cc2ccccc2Br)CC1. The van der Waals surface area contributed by atoms with Crippen molar-refractivity contribution in [3.63, 3.8) is 0 Å². The number of alkyl halides is 3. The summed E-state index contributed by atoms with van der Waals surface area (Å²) in [6.07, 6.45) is 0.0267. The Hall–Kier alpha value is -1.08. The topological polar surface area (TPSA) is 29.3 Å². The van der Waals surface area contributed by atoms with Gasteiger partial charge in [-0.15, -0.1) is 0 Å². The van der Waals surface area contributed by atoms with Gasteiger partial charge in [-0.25, -0.2) is 0 Å². The van der Waals surface area contributed by atoms with E-state index in [-0.39, 0.29) is 5.02 Å². The van der Waals surface area contributed by atoms with Crippen molar-refractivity contribution in [3.05, 3.63) is 68.7 Å². The van der Waals surface area contributed by atoms with Crippen molar-refractivity contribution in [2.45, 2.75) is 44.9 Å². The molecule has 0 radical (unpaired) electrons. The Kier molecular flexibility index (Phi) is 8.24. The molecule has 0 spiro atoms. The molecule has 0 bridgehead atoms. The van der Waals surface area contributed by atoms with Crippen molar-refractivity contribution in [2.24, 2.45) is 17.6 Å². The van der Waals surface area contributed by atoms with E-state index < -0.39 is 11.7 Å². The molecule has 164 valence electrons. The molecule has 0 unspecified atom stereocenters. The summed E-state index contributed by atoms with van der Waals surface area (Å²) in [4.78, 5) is 2.25. The van der Waals surface area contributed by atoms with E-state index in [1.165, 1.54) is 12.1 Å². The standard InChI is InChI=1S/C23H27BrClF3N2/c24-21-4-2-1-3-19(21)15-30(13-17-7-5-16(12-29)6-8-17)14-18-9-10-22(25)20(11-18)23(26,27)28/h1-4,9-11,16-17H,5-8,12-15,29H2. The lowest BCUT2D eigenvalue weighted by atomic mass is 9.82. The fourth-order valence-corrected chi connectivity index (χ4v) is 4.85. The van der Waals surface area contributed by atoms with Crippen LogP contribution in [0, 0.1) is 11.8 Å².